The summed E-state index contributed by atoms with van der Waals surface area (Å²) in [5, 5.41) is 0. The number of amides is 1. The average molecular weight is 542 g/mol. The van der Waals surface area contributed by atoms with E-state index in [0.717, 1.165) is 16.9 Å². The standard InChI is InChI=1S/C31H35N5O4/c1-23(2)39-27-11-10-24(19-25(27)21-36-14-13-32-22-36)20-35-16-15-34(3)31(37)26-7-6-12-33-30(26)40-29-9-5-4-8-28(29)38-18-17-35/h4-14,19,22-23H,15-18,20-21H2,1-3H3. The molecular weight excluding hydrogens is 506 g/mol. The SMILES string of the molecule is CC(C)Oc1ccc(CN2CCOc3ccccc3Oc3ncccc3C(=O)N(C)CC2)cc1Cn1ccnc1. The monoisotopic (exact) mass is 541 g/mol. The van der Waals surface area contributed by atoms with Gasteiger partial charge in [-0.25, -0.2) is 9.97 Å². The fourth-order valence-electron chi connectivity index (χ4n) is 4.60. The Morgan fingerprint density at radius 1 is 0.975 bits per heavy atom. The summed E-state index contributed by atoms with van der Waals surface area (Å²) in [5.74, 6) is 2.12. The Morgan fingerprint density at radius 2 is 1.82 bits per heavy atom. The summed E-state index contributed by atoms with van der Waals surface area (Å²) in [6, 6.07) is 17.3. The lowest BCUT2D eigenvalue weighted by atomic mass is 10.1. The van der Waals surface area contributed by atoms with E-state index in [4.69, 9.17) is 14.2 Å². The number of carbonyl (C=O) groups is 1. The lowest BCUT2D eigenvalue weighted by molar-refractivity contribution is 0.0770. The van der Waals surface area contributed by atoms with E-state index in [1.165, 1.54) is 0 Å². The average Bonchev–Trinajstić information content (AvgIpc) is 3.46. The number of nitrogens with zero attached hydrogens (tertiary/aromatic N) is 5. The van der Waals surface area contributed by atoms with Crippen LogP contribution in [0.1, 0.15) is 35.3 Å². The molecule has 1 amide bonds. The van der Waals surface area contributed by atoms with Crippen molar-refractivity contribution >= 4 is 5.91 Å². The third-order valence-electron chi connectivity index (χ3n) is 6.63. The van der Waals surface area contributed by atoms with Crippen molar-refractivity contribution in [3.8, 4) is 23.1 Å². The van der Waals surface area contributed by atoms with Gasteiger partial charge in [-0.1, -0.05) is 18.2 Å². The molecule has 2 aromatic heterocycles. The van der Waals surface area contributed by atoms with Gasteiger partial charge in [0, 0.05) is 57.4 Å². The van der Waals surface area contributed by atoms with Crippen molar-refractivity contribution in [2.45, 2.75) is 33.0 Å². The van der Waals surface area contributed by atoms with Crippen LogP contribution in [0.3, 0.4) is 0 Å². The Kier molecular flexibility index (Phi) is 8.61. The van der Waals surface area contributed by atoms with E-state index >= 15 is 0 Å². The molecular formula is C31H35N5O4. The fourth-order valence-corrected chi connectivity index (χ4v) is 4.60. The molecule has 0 aliphatic carbocycles. The highest BCUT2D eigenvalue weighted by Crippen LogP contribution is 2.32. The number of benzene rings is 2. The van der Waals surface area contributed by atoms with Crippen LogP contribution >= 0.6 is 0 Å². The number of ether oxygens (including phenoxy) is 3. The van der Waals surface area contributed by atoms with Crippen molar-refractivity contribution in [3.63, 3.8) is 0 Å². The molecule has 0 bridgehead atoms. The van der Waals surface area contributed by atoms with Crippen molar-refractivity contribution in [1.82, 2.24) is 24.3 Å². The zero-order chi connectivity index (χ0) is 27.9. The molecule has 0 fully saturated rings. The zero-order valence-electron chi connectivity index (χ0n) is 23.2. The molecule has 0 saturated heterocycles. The van der Waals surface area contributed by atoms with E-state index in [0.29, 0.717) is 56.4 Å². The van der Waals surface area contributed by atoms with Crippen LogP contribution in [-0.2, 0) is 13.1 Å². The molecule has 5 rings (SSSR count). The van der Waals surface area contributed by atoms with Crippen molar-refractivity contribution in [1.29, 1.82) is 0 Å². The third kappa shape index (κ3) is 6.79. The Balaban J connectivity index is 1.39. The highest BCUT2D eigenvalue weighted by atomic mass is 16.5. The van der Waals surface area contributed by atoms with Gasteiger partial charge in [-0.2, -0.15) is 0 Å². The van der Waals surface area contributed by atoms with Crippen molar-refractivity contribution < 1.29 is 19.0 Å². The Bertz CT molecular complexity index is 1420. The van der Waals surface area contributed by atoms with Gasteiger partial charge in [0.1, 0.15) is 17.9 Å². The number of likely N-dealkylation sites (N-methyl/N-ethyl adjacent to an activating group) is 1. The maximum Gasteiger partial charge on any atom is 0.259 e. The molecule has 9 heteroatoms. The Labute approximate surface area is 234 Å². The highest BCUT2D eigenvalue weighted by molar-refractivity contribution is 5.96. The highest BCUT2D eigenvalue weighted by Gasteiger charge is 2.21. The first-order valence-electron chi connectivity index (χ1n) is 13.5. The maximum absolute atomic E-state index is 13.4. The molecule has 0 N–H and O–H groups in total. The van der Waals surface area contributed by atoms with Crippen LogP contribution in [-0.4, -0.2) is 69.6 Å². The maximum atomic E-state index is 13.4. The van der Waals surface area contributed by atoms with Gasteiger partial charge in [-0.05, 0) is 55.8 Å². The summed E-state index contributed by atoms with van der Waals surface area (Å²) in [6.45, 7) is 7.76. The normalized spacial score (nSPS) is 14.7. The van der Waals surface area contributed by atoms with Crippen LogP contribution < -0.4 is 14.2 Å². The van der Waals surface area contributed by atoms with Crippen LogP contribution in [0.5, 0.6) is 23.1 Å². The quantitative estimate of drug-likeness (QED) is 0.344. The molecule has 0 spiro atoms. The lowest BCUT2D eigenvalue weighted by Crippen LogP contribution is -2.37. The third-order valence-corrected chi connectivity index (χ3v) is 6.63. The summed E-state index contributed by atoms with van der Waals surface area (Å²) in [5.41, 5.74) is 2.66. The minimum Gasteiger partial charge on any atom is -0.491 e. The van der Waals surface area contributed by atoms with Gasteiger partial charge >= 0.3 is 0 Å². The lowest BCUT2D eigenvalue weighted by Gasteiger charge is -2.26. The van der Waals surface area contributed by atoms with Crippen LogP contribution in [0.2, 0.25) is 0 Å². The van der Waals surface area contributed by atoms with E-state index in [1.807, 2.05) is 68.3 Å². The molecule has 2 aromatic carbocycles. The number of rotatable bonds is 6. The molecule has 0 atom stereocenters. The van der Waals surface area contributed by atoms with Crippen molar-refractivity contribution in [2.24, 2.45) is 0 Å². The van der Waals surface area contributed by atoms with E-state index in [9.17, 15) is 4.79 Å². The molecule has 208 valence electrons. The predicted molar refractivity (Wildman–Crippen MR) is 152 cm³/mol. The zero-order valence-corrected chi connectivity index (χ0v) is 23.2. The van der Waals surface area contributed by atoms with E-state index in [1.54, 1.807) is 29.4 Å². The van der Waals surface area contributed by atoms with Crippen LogP contribution in [0.4, 0.5) is 0 Å². The number of aromatic nitrogens is 3. The summed E-state index contributed by atoms with van der Waals surface area (Å²) >= 11 is 0. The molecule has 4 aromatic rings. The molecule has 0 saturated carbocycles. The Hall–Kier alpha value is -4.37. The van der Waals surface area contributed by atoms with Gasteiger partial charge in [0.2, 0.25) is 5.88 Å². The summed E-state index contributed by atoms with van der Waals surface area (Å²) in [7, 11) is 1.81. The van der Waals surface area contributed by atoms with Gasteiger partial charge in [-0.3, -0.25) is 9.69 Å². The van der Waals surface area contributed by atoms with Gasteiger partial charge in [-0.15, -0.1) is 0 Å². The predicted octanol–water partition coefficient (Wildman–Crippen LogP) is 4.87. The van der Waals surface area contributed by atoms with Crippen molar-refractivity contribution in [3.05, 3.63) is 96.2 Å². The molecule has 3 heterocycles. The fraction of sp³-hybridized carbons (Fsp3) is 0.323. The Morgan fingerprint density at radius 3 is 2.62 bits per heavy atom. The number of hydrogen-bond acceptors (Lipinski definition) is 7. The second kappa shape index (κ2) is 12.7. The largest absolute Gasteiger partial charge is 0.491 e. The first-order valence-corrected chi connectivity index (χ1v) is 13.5. The smallest absolute Gasteiger partial charge is 0.259 e. The number of imidazole rings is 1. The van der Waals surface area contributed by atoms with Crippen LogP contribution in [0.15, 0.2) is 79.5 Å². The second-order valence-electron chi connectivity index (χ2n) is 10.1. The molecule has 1 aliphatic rings. The minimum absolute atomic E-state index is 0.0731. The number of pyridine rings is 1. The first kappa shape index (κ1) is 27.2. The molecule has 1 aliphatic heterocycles. The number of carbonyl (C=O) groups excluding carboxylic acids is 1. The summed E-state index contributed by atoms with van der Waals surface area (Å²) < 4.78 is 20.4. The number of para-hydroxylation sites is 2. The second-order valence-corrected chi connectivity index (χ2v) is 10.1. The van der Waals surface area contributed by atoms with E-state index in [-0.39, 0.29) is 17.9 Å². The van der Waals surface area contributed by atoms with Crippen LogP contribution in [0, 0.1) is 0 Å². The van der Waals surface area contributed by atoms with E-state index < -0.39 is 0 Å². The van der Waals surface area contributed by atoms with Crippen molar-refractivity contribution in [2.75, 3.05) is 33.3 Å². The summed E-state index contributed by atoms with van der Waals surface area (Å²) in [6.07, 6.45) is 7.23. The molecule has 0 unspecified atom stereocenters. The minimum atomic E-state index is -0.140. The van der Waals surface area contributed by atoms with Crippen LogP contribution in [0.25, 0.3) is 0 Å². The first-order chi connectivity index (χ1) is 19.5. The molecule has 9 nitrogen and oxygen atoms in total. The molecule has 0 radical (unpaired) electrons. The molecule has 40 heavy (non-hydrogen) atoms. The number of hydrogen-bond donors (Lipinski definition) is 0. The van der Waals surface area contributed by atoms with E-state index in [2.05, 4.69) is 27.0 Å². The topological polar surface area (TPSA) is 82.0 Å². The number of fused-ring (bicyclic) bond motifs is 2. The van der Waals surface area contributed by atoms with Gasteiger partial charge in [0.05, 0.1) is 19.0 Å². The van der Waals surface area contributed by atoms with Gasteiger partial charge in [0.25, 0.3) is 5.91 Å². The summed E-state index contributed by atoms with van der Waals surface area (Å²) in [4.78, 5) is 25.9. The van der Waals surface area contributed by atoms with Gasteiger partial charge < -0.3 is 23.7 Å². The van der Waals surface area contributed by atoms with Gasteiger partial charge in [0.15, 0.2) is 11.5 Å².